The lowest BCUT2D eigenvalue weighted by molar-refractivity contribution is -0.141. The van der Waals surface area contributed by atoms with Crippen molar-refractivity contribution >= 4 is 17.7 Å². The van der Waals surface area contributed by atoms with Crippen molar-refractivity contribution in [2.45, 2.75) is 31.4 Å². The largest absolute Gasteiger partial charge is 0.380 e. The molecule has 2 N–H and O–H groups in total. The van der Waals surface area contributed by atoms with Gasteiger partial charge in [-0.2, -0.15) is 17.0 Å². The van der Waals surface area contributed by atoms with Crippen molar-refractivity contribution < 1.29 is 9.90 Å². The lowest BCUT2D eigenvalue weighted by Crippen LogP contribution is -2.49. The van der Waals surface area contributed by atoms with Gasteiger partial charge in [-0.05, 0) is 49.0 Å². The number of nitrogens with zero attached hydrogens (tertiary/aromatic N) is 1. The molecule has 1 aromatic rings. The summed E-state index contributed by atoms with van der Waals surface area (Å²) in [4.78, 5) is 12.2. The standard InChI is InChI=1S/C15H18N2O2S/c1-11(13-4-2-12(10-16)3-5-13)17-14(18)15(19)6-8-20-9-7-15/h2-5,11,19H,6-9H2,1H3,(H,17,18). The summed E-state index contributed by atoms with van der Waals surface area (Å²) in [6.07, 6.45) is 1.01. The van der Waals surface area contributed by atoms with Gasteiger partial charge in [0.15, 0.2) is 0 Å². The Balaban J connectivity index is 2.01. The fourth-order valence-electron chi connectivity index (χ4n) is 2.20. The van der Waals surface area contributed by atoms with Gasteiger partial charge in [0.2, 0.25) is 0 Å². The highest BCUT2D eigenvalue weighted by molar-refractivity contribution is 7.99. The van der Waals surface area contributed by atoms with Crippen LogP contribution in [0.3, 0.4) is 0 Å². The maximum Gasteiger partial charge on any atom is 0.252 e. The average Bonchev–Trinajstić information content (AvgIpc) is 2.48. The van der Waals surface area contributed by atoms with Crippen LogP contribution in [0.4, 0.5) is 0 Å². The molecular formula is C15H18N2O2S. The monoisotopic (exact) mass is 290 g/mol. The molecule has 0 radical (unpaired) electrons. The van der Waals surface area contributed by atoms with Gasteiger partial charge < -0.3 is 10.4 Å². The first kappa shape index (κ1) is 14.9. The molecular weight excluding hydrogens is 272 g/mol. The van der Waals surface area contributed by atoms with Gasteiger partial charge in [0.1, 0.15) is 5.60 Å². The molecule has 0 aromatic heterocycles. The first-order valence-electron chi connectivity index (χ1n) is 6.66. The van der Waals surface area contributed by atoms with Gasteiger partial charge in [-0.1, -0.05) is 12.1 Å². The van der Waals surface area contributed by atoms with E-state index in [4.69, 9.17) is 5.26 Å². The molecule has 5 heteroatoms. The Morgan fingerprint density at radius 2 is 2.00 bits per heavy atom. The molecule has 0 spiro atoms. The number of carbonyl (C=O) groups is 1. The number of benzene rings is 1. The third kappa shape index (κ3) is 3.33. The second-order valence-electron chi connectivity index (χ2n) is 5.07. The predicted molar refractivity (Wildman–Crippen MR) is 79.2 cm³/mol. The van der Waals surface area contributed by atoms with E-state index >= 15 is 0 Å². The quantitative estimate of drug-likeness (QED) is 0.893. The van der Waals surface area contributed by atoms with E-state index in [0.29, 0.717) is 18.4 Å². The molecule has 0 bridgehead atoms. The van der Waals surface area contributed by atoms with Crippen molar-refractivity contribution in [2.24, 2.45) is 0 Å². The smallest absolute Gasteiger partial charge is 0.252 e. The summed E-state index contributed by atoms with van der Waals surface area (Å²) in [6, 6.07) is 8.98. The topological polar surface area (TPSA) is 73.1 Å². The van der Waals surface area contributed by atoms with E-state index in [1.54, 1.807) is 23.9 Å². The van der Waals surface area contributed by atoms with Gasteiger partial charge in [-0.25, -0.2) is 0 Å². The Kier molecular flexibility index (Phi) is 4.69. The molecule has 2 rings (SSSR count). The van der Waals surface area contributed by atoms with Gasteiger partial charge in [-0.3, -0.25) is 4.79 Å². The highest BCUT2D eigenvalue weighted by Gasteiger charge is 2.37. The lowest BCUT2D eigenvalue weighted by Gasteiger charge is -2.31. The summed E-state index contributed by atoms with van der Waals surface area (Å²) in [7, 11) is 0. The van der Waals surface area contributed by atoms with E-state index in [2.05, 4.69) is 11.4 Å². The second kappa shape index (κ2) is 6.29. The molecule has 1 fully saturated rings. The Bertz CT molecular complexity index is 516. The Morgan fingerprint density at radius 3 is 2.55 bits per heavy atom. The van der Waals surface area contributed by atoms with Crippen LogP contribution in [0, 0.1) is 11.3 Å². The molecule has 20 heavy (non-hydrogen) atoms. The number of hydrogen-bond acceptors (Lipinski definition) is 4. The average molecular weight is 290 g/mol. The zero-order valence-electron chi connectivity index (χ0n) is 11.4. The zero-order chi connectivity index (χ0) is 14.6. The molecule has 1 aliphatic heterocycles. The lowest BCUT2D eigenvalue weighted by atomic mass is 9.95. The summed E-state index contributed by atoms with van der Waals surface area (Å²) in [5.41, 5.74) is 0.285. The molecule has 0 saturated carbocycles. The van der Waals surface area contributed by atoms with Gasteiger partial charge in [0, 0.05) is 0 Å². The van der Waals surface area contributed by atoms with E-state index in [1.165, 1.54) is 0 Å². The van der Waals surface area contributed by atoms with Crippen LogP contribution in [0.2, 0.25) is 0 Å². The van der Waals surface area contributed by atoms with Gasteiger partial charge in [0.25, 0.3) is 5.91 Å². The second-order valence-corrected chi connectivity index (χ2v) is 6.30. The molecule has 106 valence electrons. The van der Waals surface area contributed by atoms with Crippen LogP contribution in [0.1, 0.15) is 36.9 Å². The minimum absolute atomic E-state index is 0.186. The maximum atomic E-state index is 12.2. The van der Waals surface area contributed by atoms with Gasteiger partial charge >= 0.3 is 0 Å². The van der Waals surface area contributed by atoms with Crippen molar-refractivity contribution in [1.29, 1.82) is 5.26 Å². The van der Waals surface area contributed by atoms with Gasteiger partial charge in [-0.15, -0.1) is 0 Å². The molecule has 1 unspecified atom stereocenters. The number of hydrogen-bond donors (Lipinski definition) is 2. The molecule has 1 atom stereocenters. The number of nitriles is 1. The van der Waals surface area contributed by atoms with Crippen LogP contribution >= 0.6 is 11.8 Å². The number of amides is 1. The number of thioether (sulfide) groups is 1. The number of nitrogens with one attached hydrogen (secondary N) is 1. The molecule has 1 amide bonds. The molecule has 0 aliphatic carbocycles. The number of rotatable bonds is 3. The molecule has 1 aromatic carbocycles. The fourth-order valence-corrected chi connectivity index (χ4v) is 3.36. The van der Waals surface area contributed by atoms with Crippen molar-refractivity contribution in [3.63, 3.8) is 0 Å². The summed E-state index contributed by atoms with van der Waals surface area (Å²) < 4.78 is 0. The third-order valence-electron chi connectivity index (χ3n) is 3.63. The van der Waals surface area contributed by atoms with E-state index in [0.717, 1.165) is 17.1 Å². The fraction of sp³-hybridized carbons (Fsp3) is 0.467. The molecule has 1 heterocycles. The van der Waals surface area contributed by atoms with Crippen molar-refractivity contribution in [1.82, 2.24) is 5.32 Å². The molecule has 1 aliphatic rings. The summed E-state index contributed by atoms with van der Waals surface area (Å²) >= 11 is 1.76. The highest BCUT2D eigenvalue weighted by Crippen LogP contribution is 2.28. The Labute approximate surface area is 123 Å². The minimum Gasteiger partial charge on any atom is -0.380 e. The van der Waals surface area contributed by atoms with Crippen LogP contribution in [0.5, 0.6) is 0 Å². The maximum absolute atomic E-state index is 12.2. The van der Waals surface area contributed by atoms with E-state index in [-0.39, 0.29) is 11.9 Å². The van der Waals surface area contributed by atoms with E-state index < -0.39 is 5.60 Å². The summed E-state index contributed by atoms with van der Waals surface area (Å²) in [5.74, 6) is 1.33. The Morgan fingerprint density at radius 1 is 1.40 bits per heavy atom. The van der Waals surface area contributed by atoms with Crippen LogP contribution in [0.25, 0.3) is 0 Å². The minimum atomic E-state index is -1.23. The SMILES string of the molecule is CC(NC(=O)C1(O)CCSCC1)c1ccc(C#N)cc1. The summed E-state index contributed by atoms with van der Waals surface area (Å²) in [5, 5.41) is 22.0. The number of carbonyl (C=O) groups excluding carboxylic acids is 1. The van der Waals surface area contributed by atoms with Crippen LogP contribution in [-0.4, -0.2) is 28.1 Å². The summed E-state index contributed by atoms with van der Waals surface area (Å²) in [6.45, 7) is 1.88. The van der Waals surface area contributed by atoms with Crippen LogP contribution < -0.4 is 5.32 Å². The Hall–Kier alpha value is -1.51. The van der Waals surface area contributed by atoms with E-state index in [1.807, 2.05) is 19.1 Å². The zero-order valence-corrected chi connectivity index (χ0v) is 12.2. The van der Waals surface area contributed by atoms with Gasteiger partial charge in [0.05, 0.1) is 17.7 Å². The number of aliphatic hydroxyl groups is 1. The third-order valence-corrected chi connectivity index (χ3v) is 4.62. The van der Waals surface area contributed by atoms with E-state index in [9.17, 15) is 9.90 Å². The van der Waals surface area contributed by atoms with Crippen molar-refractivity contribution in [3.8, 4) is 6.07 Å². The first-order valence-corrected chi connectivity index (χ1v) is 7.82. The van der Waals surface area contributed by atoms with Crippen molar-refractivity contribution in [3.05, 3.63) is 35.4 Å². The first-order chi connectivity index (χ1) is 9.55. The molecule has 1 saturated heterocycles. The normalized spacial score (nSPS) is 18.9. The van der Waals surface area contributed by atoms with Crippen LogP contribution in [-0.2, 0) is 4.79 Å². The van der Waals surface area contributed by atoms with Crippen LogP contribution in [0.15, 0.2) is 24.3 Å². The molecule has 4 nitrogen and oxygen atoms in total. The van der Waals surface area contributed by atoms with Crippen molar-refractivity contribution in [2.75, 3.05) is 11.5 Å². The predicted octanol–water partition coefficient (Wildman–Crippen LogP) is 1.99. The highest BCUT2D eigenvalue weighted by atomic mass is 32.2.